The summed E-state index contributed by atoms with van der Waals surface area (Å²) in [6.07, 6.45) is -0.849. The molecule has 11 heavy (non-hydrogen) atoms. The Morgan fingerprint density at radius 2 is 2.18 bits per heavy atom. The van der Waals surface area contributed by atoms with E-state index >= 15 is 0 Å². The van der Waals surface area contributed by atoms with E-state index in [4.69, 9.17) is 0 Å². The maximum atomic E-state index is 11.8. The maximum absolute atomic E-state index is 11.8. The lowest BCUT2D eigenvalue weighted by molar-refractivity contribution is 0.468. The van der Waals surface area contributed by atoms with Crippen molar-refractivity contribution in [2.45, 2.75) is 13.2 Å². The van der Waals surface area contributed by atoms with Gasteiger partial charge in [-0.1, -0.05) is 0 Å². The Kier molecular flexibility index (Phi) is 2.22. The molecule has 6 heteroatoms. The standard InChI is InChI=1S/C5H6BF3NS/c1-4-3-11-5(10-4)2-6(7,8)9/h3H,2H2,1H3/q-1. The van der Waals surface area contributed by atoms with Crippen LogP contribution in [0, 0.1) is 6.92 Å². The van der Waals surface area contributed by atoms with Crippen LogP contribution in [-0.2, 0) is 6.32 Å². The molecule has 1 heterocycles. The van der Waals surface area contributed by atoms with Gasteiger partial charge in [-0.2, -0.15) is 0 Å². The predicted molar refractivity (Wildman–Crippen MR) is 39.6 cm³/mol. The van der Waals surface area contributed by atoms with Crippen molar-refractivity contribution in [2.75, 3.05) is 0 Å². The van der Waals surface area contributed by atoms with Gasteiger partial charge in [0.1, 0.15) is 0 Å². The van der Waals surface area contributed by atoms with Gasteiger partial charge in [0.05, 0.1) is 5.01 Å². The highest BCUT2D eigenvalue weighted by Crippen LogP contribution is 2.18. The lowest BCUT2D eigenvalue weighted by atomic mass is 9.87. The van der Waals surface area contributed by atoms with E-state index in [-0.39, 0.29) is 5.01 Å². The monoisotopic (exact) mass is 180 g/mol. The summed E-state index contributed by atoms with van der Waals surface area (Å²) in [5.74, 6) is 0. The summed E-state index contributed by atoms with van der Waals surface area (Å²) < 4.78 is 35.3. The normalized spacial score (nSPS) is 12.0. The number of hydrogen-bond acceptors (Lipinski definition) is 2. The fraction of sp³-hybridized carbons (Fsp3) is 0.400. The second kappa shape index (κ2) is 2.85. The molecule has 0 unspecified atom stereocenters. The second-order valence-electron chi connectivity index (χ2n) is 2.30. The molecule has 0 aromatic carbocycles. The van der Waals surface area contributed by atoms with Gasteiger partial charge in [0.25, 0.3) is 0 Å². The molecule has 0 aliphatic heterocycles. The average molecular weight is 180 g/mol. The number of aromatic nitrogens is 1. The van der Waals surface area contributed by atoms with Crippen LogP contribution in [0.15, 0.2) is 5.38 Å². The average Bonchev–Trinajstić information content (AvgIpc) is 2.10. The summed E-state index contributed by atoms with van der Waals surface area (Å²) in [7, 11) is 0. The minimum atomic E-state index is -4.72. The smallest absolute Gasteiger partial charge is 0.449 e. The van der Waals surface area contributed by atoms with Gasteiger partial charge >= 0.3 is 6.98 Å². The summed E-state index contributed by atoms with van der Waals surface area (Å²) in [4.78, 5) is 3.71. The third-order valence-corrected chi connectivity index (χ3v) is 2.06. The molecule has 0 N–H and O–H groups in total. The Hall–Kier alpha value is -0.515. The van der Waals surface area contributed by atoms with Gasteiger partial charge in [-0.05, 0) is 13.2 Å². The zero-order chi connectivity index (χ0) is 8.48. The van der Waals surface area contributed by atoms with E-state index in [1.165, 1.54) is 0 Å². The van der Waals surface area contributed by atoms with Crippen molar-refractivity contribution in [3.63, 3.8) is 0 Å². The summed E-state index contributed by atoms with van der Waals surface area (Å²) in [6, 6.07) is 0. The van der Waals surface area contributed by atoms with Crippen molar-refractivity contribution in [1.29, 1.82) is 0 Å². The Morgan fingerprint density at radius 1 is 1.55 bits per heavy atom. The molecule has 1 aromatic heterocycles. The maximum Gasteiger partial charge on any atom is 0.484 e. The Bertz CT molecular complexity index is 244. The second-order valence-corrected chi connectivity index (χ2v) is 3.24. The van der Waals surface area contributed by atoms with Gasteiger partial charge in [-0.3, -0.25) is 0 Å². The predicted octanol–water partition coefficient (Wildman–Crippen LogP) is 2.38. The summed E-state index contributed by atoms with van der Waals surface area (Å²) in [5.41, 5.74) is 0.657. The van der Waals surface area contributed by atoms with Crippen LogP contribution in [0.1, 0.15) is 10.7 Å². The SMILES string of the molecule is Cc1csc(C[B-](F)(F)F)n1. The van der Waals surface area contributed by atoms with Gasteiger partial charge in [-0.15, -0.1) is 11.3 Å². The van der Waals surface area contributed by atoms with E-state index in [1.807, 2.05) is 0 Å². The van der Waals surface area contributed by atoms with Gasteiger partial charge in [-0.25, -0.2) is 4.98 Å². The van der Waals surface area contributed by atoms with Crippen LogP contribution < -0.4 is 0 Å². The van der Waals surface area contributed by atoms with E-state index < -0.39 is 13.3 Å². The van der Waals surface area contributed by atoms with Crippen molar-refractivity contribution in [3.8, 4) is 0 Å². The van der Waals surface area contributed by atoms with E-state index in [9.17, 15) is 12.9 Å². The highest BCUT2D eigenvalue weighted by molar-refractivity contribution is 7.10. The summed E-state index contributed by atoms with van der Waals surface area (Å²) in [6.45, 7) is -3.04. The molecule has 0 saturated carbocycles. The number of thiazole rings is 1. The molecule has 0 atom stereocenters. The van der Waals surface area contributed by atoms with Crippen LogP contribution in [0.5, 0.6) is 0 Å². The number of rotatable bonds is 2. The van der Waals surface area contributed by atoms with Crippen molar-refractivity contribution < 1.29 is 12.9 Å². The highest BCUT2D eigenvalue weighted by Gasteiger charge is 2.24. The molecule has 0 fully saturated rings. The molecule has 0 bridgehead atoms. The molecule has 1 aromatic rings. The fourth-order valence-electron chi connectivity index (χ4n) is 0.694. The molecular formula is C5H6BF3NS-. The first-order valence-electron chi connectivity index (χ1n) is 3.09. The van der Waals surface area contributed by atoms with Crippen molar-refractivity contribution in [1.82, 2.24) is 4.98 Å². The largest absolute Gasteiger partial charge is 0.484 e. The first kappa shape index (κ1) is 8.58. The van der Waals surface area contributed by atoms with Crippen molar-refractivity contribution >= 4 is 18.3 Å². The molecule has 1 rings (SSSR count). The van der Waals surface area contributed by atoms with Gasteiger partial charge in [0.15, 0.2) is 0 Å². The van der Waals surface area contributed by atoms with E-state index in [0.29, 0.717) is 5.69 Å². The van der Waals surface area contributed by atoms with E-state index in [0.717, 1.165) is 11.3 Å². The van der Waals surface area contributed by atoms with Gasteiger partial charge < -0.3 is 12.9 Å². The summed E-state index contributed by atoms with van der Waals surface area (Å²) >= 11 is 1.06. The molecule has 0 saturated heterocycles. The molecular weight excluding hydrogens is 174 g/mol. The van der Waals surface area contributed by atoms with Crippen LogP contribution >= 0.6 is 11.3 Å². The number of aryl methyl sites for hydroxylation is 1. The van der Waals surface area contributed by atoms with Crippen LogP contribution in [-0.4, -0.2) is 12.0 Å². The molecule has 0 amide bonds. The number of halogens is 3. The van der Waals surface area contributed by atoms with Crippen molar-refractivity contribution in [3.05, 3.63) is 16.1 Å². The van der Waals surface area contributed by atoms with Gasteiger partial charge in [0.2, 0.25) is 0 Å². The first-order chi connectivity index (χ1) is 4.97. The molecule has 62 valence electrons. The molecule has 0 aliphatic rings. The minimum Gasteiger partial charge on any atom is -0.449 e. The quantitative estimate of drug-likeness (QED) is 0.636. The summed E-state index contributed by atoms with van der Waals surface area (Å²) in [5, 5.41) is 1.78. The fourth-order valence-corrected chi connectivity index (χ4v) is 1.54. The number of nitrogens with zero attached hydrogens (tertiary/aromatic N) is 1. The lowest BCUT2D eigenvalue weighted by Gasteiger charge is -2.09. The highest BCUT2D eigenvalue weighted by atomic mass is 32.1. The zero-order valence-corrected chi connectivity index (χ0v) is 6.67. The van der Waals surface area contributed by atoms with E-state index in [1.54, 1.807) is 12.3 Å². The topological polar surface area (TPSA) is 12.9 Å². The third-order valence-electron chi connectivity index (χ3n) is 1.07. The van der Waals surface area contributed by atoms with Crippen LogP contribution in [0.25, 0.3) is 0 Å². The van der Waals surface area contributed by atoms with Crippen molar-refractivity contribution in [2.24, 2.45) is 0 Å². The van der Waals surface area contributed by atoms with Gasteiger partial charge in [0, 0.05) is 11.1 Å². The third kappa shape index (κ3) is 2.92. The minimum absolute atomic E-state index is 0.162. The Balaban J connectivity index is 2.65. The van der Waals surface area contributed by atoms with Crippen LogP contribution in [0.2, 0.25) is 0 Å². The Morgan fingerprint density at radius 3 is 2.55 bits per heavy atom. The zero-order valence-electron chi connectivity index (χ0n) is 5.85. The lowest BCUT2D eigenvalue weighted by Crippen LogP contribution is -2.19. The molecule has 0 aliphatic carbocycles. The molecule has 0 radical (unpaired) electrons. The van der Waals surface area contributed by atoms with E-state index in [2.05, 4.69) is 4.98 Å². The Labute approximate surface area is 66.3 Å². The van der Waals surface area contributed by atoms with Crippen LogP contribution in [0.3, 0.4) is 0 Å². The number of hydrogen-bond donors (Lipinski definition) is 0. The van der Waals surface area contributed by atoms with Crippen LogP contribution in [0.4, 0.5) is 12.9 Å². The molecule has 1 nitrogen and oxygen atoms in total. The molecule has 0 spiro atoms. The first-order valence-corrected chi connectivity index (χ1v) is 3.97.